The van der Waals surface area contributed by atoms with E-state index in [1.165, 1.54) is 12.1 Å². The summed E-state index contributed by atoms with van der Waals surface area (Å²) in [7, 11) is 0. The molecule has 0 bridgehead atoms. The van der Waals surface area contributed by atoms with Crippen LogP contribution in [0.5, 0.6) is 0 Å². The van der Waals surface area contributed by atoms with Crippen molar-refractivity contribution in [2.75, 3.05) is 0 Å². The minimum Gasteiger partial charge on any atom is -0.366 e. The zero-order chi connectivity index (χ0) is 15.4. The van der Waals surface area contributed by atoms with Crippen molar-refractivity contribution in [1.82, 2.24) is 5.32 Å². The molecule has 110 valence electrons. The number of benzene rings is 2. The van der Waals surface area contributed by atoms with Crippen LogP contribution < -0.4 is 11.1 Å². The van der Waals surface area contributed by atoms with Crippen LogP contribution in [0.1, 0.15) is 27.0 Å². The molecule has 0 radical (unpaired) electrons. The number of nitrogens with one attached hydrogen (secondary N) is 1. The average molecular weight is 290 g/mol. The fourth-order valence-corrected chi connectivity index (χ4v) is 2.04. The summed E-state index contributed by atoms with van der Waals surface area (Å²) >= 11 is 0. The Bertz CT molecular complexity index is 671. The fourth-order valence-electron chi connectivity index (χ4n) is 2.04. The number of nitrogens with two attached hydrogens (primary N) is 1. The van der Waals surface area contributed by atoms with E-state index in [2.05, 4.69) is 5.32 Å². The van der Waals surface area contributed by atoms with Crippen molar-refractivity contribution in [3.05, 3.63) is 70.3 Å². The monoisotopic (exact) mass is 290 g/mol. The Morgan fingerprint density at radius 1 is 1.10 bits per heavy atom. The quantitative estimate of drug-likeness (QED) is 0.889. The molecule has 0 aliphatic carbocycles. The van der Waals surface area contributed by atoms with Crippen molar-refractivity contribution in [2.45, 2.75) is 20.0 Å². The summed E-state index contributed by atoms with van der Waals surface area (Å²) in [6, 6.07) is 9.05. The Kier molecular flexibility index (Phi) is 4.65. The Labute approximate surface area is 121 Å². The number of rotatable bonds is 5. The number of aryl methyl sites for hydroxylation is 1. The van der Waals surface area contributed by atoms with Gasteiger partial charge in [-0.05, 0) is 47.9 Å². The largest absolute Gasteiger partial charge is 0.366 e. The second-order valence-electron chi connectivity index (χ2n) is 4.86. The standard InChI is InChI=1S/C16H16F2N2O/c1-10-6-12(16(19)21)3-4-13(10)9-20-8-11-2-5-14(17)15(18)7-11/h2-7,20H,8-9H2,1H3,(H2,19,21). The first-order valence-electron chi connectivity index (χ1n) is 6.51. The number of halogens is 2. The summed E-state index contributed by atoms with van der Waals surface area (Å²) in [5.41, 5.74) is 8.32. The molecule has 2 aromatic rings. The molecular weight excluding hydrogens is 274 g/mol. The molecule has 0 unspecified atom stereocenters. The molecular formula is C16H16F2N2O. The number of carbonyl (C=O) groups is 1. The summed E-state index contributed by atoms with van der Waals surface area (Å²) in [5.74, 6) is -2.16. The molecule has 0 saturated heterocycles. The molecule has 0 aliphatic heterocycles. The fraction of sp³-hybridized carbons (Fsp3) is 0.188. The van der Waals surface area contributed by atoms with E-state index in [-0.39, 0.29) is 0 Å². The van der Waals surface area contributed by atoms with Crippen LogP contribution in [0, 0.1) is 18.6 Å². The minimum atomic E-state index is -0.851. The highest BCUT2D eigenvalue weighted by atomic mass is 19.2. The van der Waals surface area contributed by atoms with Gasteiger partial charge in [-0.3, -0.25) is 4.79 Å². The smallest absolute Gasteiger partial charge is 0.248 e. The third kappa shape index (κ3) is 3.86. The molecule has 1 amide bonds. The van der Waals surface area contributed by atoms with Gasteiger partial charge in [0.05, 0.1) is 0 Å². The summed E-state index contributed by atoms with van der Waals surface area (Å²) in [5, 5.41) is 3.15. The van der Waals surface area contributed by atoms with Crippen LogP contribution in [0.25, 0.3) is 0 Å². The Hall–Kier alpha value is -2.27. The first kappa shape index (κ1) is 15.1. The van der Waals surface area contributed by atoms with E-state index in [1.54, 1.807) is 12.1 Å². The van der Waals surface area contributed by atoms with Crippen LogP contribution in [0.4, 0.5) is 8.78 Å². The van der Waals surface area contributed by atoms with Crippen molar-refractivity contribution in [3.63, 3.8) is 0 Å². The van der Waals surface area contributed by atoms with Gasteiger partial charge in [0.1, 0.15) is 0 Å². The number of carbonyl (C=O) groups excluding carboxylic acids is 1. The SMILES string of the molecule is Cc1cc(C(N)=O)ccc1CNCc1ccc(F)c(F)c1. The van der Waals surface area contributed by atoms with Gasteiger partial charge in [-0.15, -0.1) is 0 Å². The van der Waals surface area contributed by atoms with Crippen LogP contribution in [-0.4, -0.2) is 5.91 Å². The molecule has 5 heteroatoms. The summed E-state index contributed by atoms with van der Waals surface area (Å²) < 4.78 is 25.9. The van der Waals surface area contributed by atoms with E-state index in [9.17, 15) is 13.6 Å². The maximum absolute atomic E-state index is 13.1. The molecule has 2 rings (SSSR count). The Balaban J connectivity index is 1.97. The first-order chi connectivity index (χ1) is 9.97. The van der Waals surface area contributed by atoms with Crippen LogP contribution in [0.2, 0.25) is 0 Å². The molecule has 0 atom stereocenters. The van der Waals surface area contributed by atoms with Gasteiger partial charge < -0.3 is 11.1 Å². The highest BCUT2D eigenvalue weighted by Gasteiger charge is 2.05. The molecule has 0 aliphatic rings. The Morgan fingerprint density at radius 2 is 1.86 bits per heavy atom. The second-order valence-corrected chi connectivity index (χ2v) is 4.86. The lowest BCUT2D eigenvalue weighted by Crippen LogP contribution is -2.15. The van der Waals surface area contributed by atoms with Gasteiger partial charge in [0.25, 0.3) is 0 Å². The number of hydrogen-bond donors (Lipinski definition) is 2. The Morgan fingerprint density at radius 3 is 2.48 bits per heavy atom. The number of amides is 1. The van der Waals surface area contributed by atoms with Gasteiger partial charge in [0, 0.05) is 18.7 Å². The topological polar surface area (TPSA) is 55.1 Å². The predicted octanol–water partition coefficient (Wildman–Crippen LogP) is 2.66. The van der Waals surface area contributed by atoms with Crippen molar-refractivity contribution < 1.29 is 13.6 Å². The van der Waals surface area contributed by atoms with Gasteiger partial charge in [-0.25, -0.2) is 8.78 Å². The average Bonchev–Trinajstić information content (AvgIpc) is 2.44. The molecule has 21 heavy (non-hydrogen) atoms. The number of hydrogen-bond acceptors (Lipinski definition) is 2. The van der Waals surface area contributed by atoms with E-state index < -0.39 is 17.5 Å². The van der Waals surface area contributed by atoms with Gasteiger partial charge in [-0.2, -0.15) is 0 Å². The van der Waals surface area contributed by atoms with Gasteiger partial charge in [-0.1, -0.05) is 12.1 Å². The van der Waals surface area contributed by atoms with Crippen LogP contribution in [-0.2, 0) is 13.1 Å². The van der Waals surface area contributed by atoms with E-state index in [1.807, 2.05) is 13.0 Å². The van der Waals surface area contributed by atoms with Crippen molar-refractivity contribution in [2.24, 2.45) is 5.73 Å². The van der Waals surface area contributed by atoms with E-state index in [0.717, 1.165) is 17.2 Å². The maximum atomic E-state index is 13.1. The van der Waals surface area contributed by atoms with E-state index in [4.69, 9.17) is 5.73 Å². The second kappa shape index (κ2) is 6.45. The molecule has 0 aromatic heterocycles. The molecule has 0 heterocycles. The lowest BCUT2D eigenvalue weighted by atomic mass is 10.0. The lowest BCUT2D eigenvalue weighted by Gasteiger charge is -2.09. The molecule has 0 saturated carbocycles. The van der Waals surface area contributed by atoms with Crippen molar-refractivity contribution in [1.29, 1.82) is 0 Å². The van der Waals surface area contributed by atoms with E-state index in [0.29, 0.717) is 24.2 Å². The molecule has 3 nitrogen and oxygen atoms in total. The zero-order valence-electron chi connectivity index (χ0n) is 11.6. The first-order valence-corrected chi connectivity index (χ1v) is 6.51. The van der Waals surface area contributed by atoms with Crippen molar-refractivity contribution >= 4 is 5.91 Å². The molecule has 0 fully saturated rings. The predicted molar refractivity (Wildman–Crippen MR) is 76.6 cm³/mol. The summed E-state index contributed by atoms with van der Waals surface area (Å²) in [6.45, 7) is 2.87. The van der Waals surface area contributed by atoms with Gasteiger partial charge >= 0.3 is 0 Å². The summed E-state index contributed by atoms with van der Waals surface area (Å²) in [6.07, 6.45) is 0. The minimum absolute atomic E-state index is 0.425. The highest BCUT2D eigenvalue weighted by molar-refractivity contribution is 5.93. The maximum Gasteiger partial charge on any atom is 0.248 e. The van der Waals surface area contributed by atoms with Crippen molar-refractivity contribution in [3.8, 4) is 0 Å². The van der Waals surface area contributed by atoms with Gasteiger partial charge in [0.2, 0.25) is 5.91 Å². The van der Waals surface area contributed by atoms with Crippen LogP contribution in [0.15, 0.2) is 36.4 Å². The molecule has 0 spiro atoms. The van der Waals surface area contributed by atoms with Crippen LogP contribution in [0.3, 0.4) is 0 Å². The zero-order valence-corrected chi connectivity index (χ0v) is 11.6. The number of primary amides is 1. The van der Waals surface area contributed by atoms with E-state index >= 15 is 0 Å². The molecule has 2 aromatic carbocycles. The van der Waals surface area contributed by atoms with Crippen LogP contribution >= 0.6 is 0 Å². The lowest BCUT2D eigenvalue weighted by molar-refractivity contribution is 0.1000. The van der Waals surface area contributed by atoms with Gasteiger partial charge in [0.15, 0.2) is 11.6 Å². The molecule has 3 N–H and O–H groups in total. The highest BCUT2D eigenvalue weighted by Crippen LogP contribution is 2.12. The third-order valence-electron chi connectivity index (χ3n) is 3.26. The normalized spacial score (nSPS) is 10.6. The third-order valence-corrected chi connectivity index (χ3v) is 3.26. The summed E-state index contributed by atoms with van der Waals surface area (Å²) in [4.78, 5) is 11.1.